The molecule has 2 aliphatic heterocycles. The van der Waals surface area contributed by atoms with E-state index in [0.717, 1.165) is 0 Å². The van der Waals surface area contributed by atoms with Gasteiger partial charge in [0.15, 0.2) is 17.2 Å². The van der Waals surface area contributed by atoms with Crippen LogP contribution in [-0.2, 0) is 16.9 Å². The van der Waals surface area contributed by atoms with Crippen molar-refractivity contribution in [2.75, 3.05) is 12.8 Å². The number of anilines is 1. The lowest BCUT2D eigenvalue weighted by atomic mass is 9.86. The van der Waals surface area contributed by atoms with Gasteiger partial charge in [-0.1, -0.05) is 6.07 Å². The fourth-order valence-electron chi connectivity index (χ4n) is 4.68. The molecule has 1 spiro atoms. The number of halogens is 2. The van der Waals surface area contributed by atoms with Gasteiger partial charge in [0.2, 0.25) is 0 Å². The summed E-state index contributed by atoms with van der Waals surface area (Å²) in [6.45, 7) is 1.97. The first kappa shape index (κ1) is 18.5. The molecule has 2 amide bonds. The van der Waals surface area contributed by atoms with Crippen molar-refractivity contribution in [3.05, 3.63) is 58.8 Å². The summed E-state index contributed by atoms with van der Waals surface area (Å²) in [6, 6.07) is 6.79. The minimum atomic E-state index is -1.21. The predicted octanol–water partition coefficient (Wildman–Crippen LogP) is 2.53. The molecule has 9 heteroatoms. The zero-order valence-corrected chi connectivity index (χ0v) is 16.4. The van der Waals surface area contributed by atoms with E-state index in [-0.39, 0.29) is 29.9 Å². The average molecular weight is 411 g/mol. The van der Waals surface area contributed by atoms with Crippen molar-refractivity contribution in [1.29, 1.82) is 0 Å². The Hall–Kier alpha value is -3.49. The smallest absolute Gasteiger partial charge is 0.255 e. The topological polar surface area (TPSA) is 95.3 Å². The van der Waals surface area contributed by atoms with Gasteiger partial charge in [-0.3, -0.25) is 9.59 Å². The monoisotopic (exact) mass is 411 g/mol. The third-order valence-electron chi connectivity index (χ3n) is 6.26. The number of nitrogens with zero attached hydrogens (tertiary/aromatic N) is 3. The first-order valence-electron chi connectivity index (χ1n) is 9.55. The molecule has 2 aromatic heterocycles. The number of amides is 2. The number of carbonyl (C=O) groups excluding carboxylic acids is 2. The van der Waals surface area contributed by atoms with Gasteiger partial charge in [0, 0.05) is 42.4 Å². The van der Waals surface area contributed by atoms with Crippen LogP contribution in [0.5, 0.6) is 0 Å². The summed E-state index contributed by atoms with van der Waals surface area (Å²) < 4.78 is 27.7. The van der Waals surface area contributed by atoms with Gasteiger partial charge in [-0.15, -0.1) is 0 Å². The lowest BCUT2D eigenvalue weighted by Crippen LogP contribution is -2.48. The molecule has 30 heavy (non-hydrogen) atoms. The summed E-state index contributed by atoms with van der Waals surface area (Å²) in [4.78, 5) is 36.8. The number of fused-ring (bicyclic) bond motifs is 3. The van der Waals surface area contributed by atoms with E-state index in [0.29, 0.717) is 28.7 Å². The molecule has 2 aliphatic rings. The molecule has 1 aromatic carbocycles. The molecule has 1 saturated heterocycles. The number of aromatic nitrogens is 2. The summed E-state index contributed by atoms with van der Waals surface area (Å²) >= 11 is 0. The third kappa shape index (κ3) is 2.31. The van der Waals surface area contributed by atoms with Gasteiger partial charge in [0.1, 0.15) is 5.82 Å². The van der Waals surface area contributed by atoms with Crippen LogP contribution in [0.25, 0.3) is 11.0 Å². The SMILES string of the molecule is C[C@@H]1C[C@]2(C(=O)N1C)c1ccc(F)cc1C(=O)N2Cc1cc2nc(N)c(F)cc2[nH]1. The number of hydrogen-bond acceptors (Lipinski definition) is 4. The van der Waals surface area contributed by atoms with Crippen LogP contribution in [0.1, 0.15) is 35.0 Å². The van der Waals surface area contributed by atoms with E-state index in [2.05, 4.69) is 9.97 Å². The molecular formula is C21H19F2N5O2. The number of hydrogen-bond donors (Lipinski definition) is 2. The summed E-state index contributed by atoms with van der Waals surface area (Å²) in [6.07, 6.45) is 0.396. The van der Waals surface area contributed by atoms with Crippen molar-refractivity contribution < 1.29 is 18.4 Å². The van der Waals surface area contributed by atoms with Crippen LogP contribution in [0.4, 0.5) is 14.6 Å². The largest absolute Gasteiger partial charge is 0.381 e. The highest BCUT2D eigenvalue weighted by atomic mass is 19.1. The Balaban J connectivity index is 1.63. The van der Waals surface area contributed by atoms with E-state index in [1.807, 2.05) is 6.92 Å². The zero-order chi connectivity index (χ0) is 21.4. The highest BCUT2D eigenvalue weighted by Gasteiger charge is 2.60. The summed E-state index contributed by atoms with van der Waals surface area (Å²) in [7, 11) is 1.70. The normalized spacial score (nSPS) is 23.3. The lowest BCUT2D eigenvalue weighted by Gasteiger charge is -2.33. The van der Waals surface area contributed by atoms with Crippen molar-refractivity contribution in [2.24, 2.45) is 0 Å². The molecule has 3 N–H and O–H groups in total. The summed E-state index contributed by atoms with van der Waals surface area (Å²) in [5, 5.41) is 0. The number of carbonyl (C=O) groups is 2. The van der Waals surface area contributed by atoms with E-state index < -0.39 is 23.1 Å². The average Bonchev–Trinajstić information content (AvgIpc) is 3.26. The Morgan fingerprint density at radius 3 is 2.73 bits per heavy atom. The molecular weight excluding hydrogens is 392 g/mol. The summed E-state index contributed by atoms with van der Waals surface area (Å²) in [5.41, 5.74) is 6.50. The maximum atomic E-state index is 13.9. The molecule has 0 aliphatic carbocycles. The van der Waals surface area contributed by atoms with Gasteiger partial charge >= 0.3 is 0 Å². The first-order chi connectivity index (χ1) is 14.2. The van der Waals surface area contributed by atoms with E-state index in [1.54, 1.807) is 18.0 Å². The third-order valence-corrected chi connectivity index (χ3v) is 6.26. The molecule has 0 saturated carbocycles. The molecule has 5 rings (SSSR count). The Morgan fingerprint density at radius 1 is 1.27 bits per heavy atom. The number of rotatable bonds is 2. The molecule has 1 fully saturated rings. The van der Waals surface area contributed by atoms with Gasteiger partial charge in [0.05, 0.1) is 17.6 Å². The Kier molecular flexibility index (Phi) is 3.71. The van der Waals surface area contributed by atoms with Crippen molar-refractivity contribution in [3.63, 3.8) is 0 Å². The van der Waals surface area contributed by atoms with Gasteiger partial charge in [-0.2, -0.15) is 0 Å². The number of aromatic amines is 1. The molecule has 2 atom stereocenters. The summed E-state index contributed by atoms with van der Waals surface area (Å²) in [5.74, 6) is -2.03. The van der Waals surface area contributed by atoms with E-state index in [9.17, 15) is 18.4 Å². The van der Waals surface area contributed by atoms with E-state index >= 15 is 0 Å². The number of likely N-dealkylation sites (N-methyl/N-ethyl adjacent to an activating group) is 1. The predicted molar refractivity (Wildman–Crippen MR) is 105 cm³/mol. The van der Waals surface area contributed by atoms with Crippen molar-refractivity contribution in [2.45, 2.75) is 31.5 Å². The molecule has 0 bridgehead atoms. The van der Waals surface area contributed by atoms with Crippen molar-refractivity contribution >= 4 is 28.7 Å². The minimum absolute atomic E-state index is 0.0549. The second-order valence-electron chi connectivity index (χ2n) is 7.99. The van der Waals surface area contributed by atoms with Crippen LogP contribution in [-0.4, -0.2) is 44.7 Å². The standard InChI is InChI=1S/C21H19F2N5O2/c1-10-8-21(20(30)27(10)2)14-4-3-11(22)5-13(14)19(29)28(21)9-12-6-16-17(25-12)7-15(23)18(24)26-16/h3-7,10,25H,8-9H2,1-2H3,(H2,24,26)/t10-,21-/m1/s1. The van der Waals surface area contributed by atoms with Gasteiger partial charge in [-0.05, 0) is 25.1 Å². The van der Waals surface area contributed by atoms with Crippen LogP contribution in [0.15, 0.2) is 30.3 Å². The number of benzene rings is 1. The van der Waals surface area contributed by atoms with E-state index in [4.69, 9.17) is 5.73 Å². The van der Waals surface area contributed by atoms with E-state index in [1.165, 1.54) is 29.2 Å². The molecule has 154 valence electrons. The number of H-pyrrole nitrogens is 1. The molecule has 4 heterocycles. The zero-order valence-electron chi connectivity index (χ0n) is 16.4. The maximum absolute atomic E-state index is 13.9. The number of nitrogen functional groups attached to an aromatic ring is 1. The Labute approximate surface area is 170 Å². The fourth-order valence-corrected chi connectivity index (χ4v) is 4.68. The van der Waals surface area contributed by atoms with Crippen molar-refractivity contribution in [1.82, 2.24) is 19.8 Å². The van der Waals surface area contributed by atoms with Crippen LogP contribution in [0.3, 0.4) is 0 Å². The van der Waals surface area contributed by atoms with Crippen LogP contribution >= 0.6 is 0 Å². The van der Waals surface area contributed by atoms with Crippen LogP contribution < -0.4 is 5.73 Å². The first-order valence-corrected chi connectivity index (χ1v) is 9.55. The quantitative estimate of drug-likeness (QED) is 0.678. The molecule has 3 aromatic rings. The van der Waals surface area contributed by atoms with Crippen molar-refractivity contribution in [3.8, 4) is 0 Å². The number of likely N-dealkylation sites (tertiary alicyclic amines) is 1. The highest BCUT2D eigenvalue weighted by molar-refractivity contribution is 6.07. The van der Waals surface area contributed by atoms with Crippen LogP contribution in [0.2, 0.25) is 0 Å². The van der Waals surface area contributed by atoms with Gasteiger partial charge in [-0.25, -0.2) is 13.8 Å². The molecule has 7 nitrogen and oxygen atoms in total. The maximum Gasteiger partial charge on any atom is 0.255 e. The van der Waals surface area contributed by atoms with Gasteiger partial charge in [0.25, 0.3) is 11.8 Å². The Morgan fingerprint density at radius 2 is 2.03 bits per heavy atom. The lowest BCUT2D eigenvalue weighted by molar-refractivity contribution is -0.136. The van der Waals surface area contributed by atoms with Gasteiger partial charge < -0.3 is 20.5 Å². The fraction of sp³-hybridized carbons (Fsp3) is 0.286. The van der Waals surface area contributed by atoms with Crippen LogP contribution in [0, 0.1) is 11.6 Å². The molecule has 0 unspecified atom stereocenters. The number of nitrogens with one attached hydrogen (secondary N) is 1. The molecule has 0 radical (unpaired) electrons. The second-order valence-corrected chi connectivity index (χ2v) is 7.99. The minimum Gasteiger partial charge on any atom is -0.381 e. The number of pyridine rings is 1. The Bertz CT molecular complexity index is 1200. The number of nitrogens with two attached hydrogens (primary N) is 1. The highest BCUT2D eigenvalue weighted by Crippen LogP contribution is 2.48. The second kappa shape index (κ2) is 6.01.